The molecule has 0 aliphatic rings. The lowest BCUT2D eigenvalue weighted by Gasteiger charge is -2.07. The summed E-state index contributed by atoms with van der Waals surface area (Å²) < 4.78 is 2.98. The van der Waals surface area contributed by atoms with Crippen LogP contribution in [0.15, 0.2) is 34.9 Å². The Balaban J connectivity index is 2.29. The van der Waals surface area contributed by atoms with E-state index in [4.69, 9.17) is 5.73 Å². The topological polar surface area (TPSA) is 43.8 Å². The second kappa shape index (κ2) is 4.06. The molecule has 15 heavy (non-hydrogen) atoms. The van der Waals surface area contributed by atoms with E-state index in [-0.39, 0.29) is 0 Å². The lowest BCUT2D eigenvalue weighted by atomic mass is 10.2. The molecule has 3 nitrogen and oxygen atoms in total. The molecule has 1 aromatic carbocycles. The summed E-state index contributed by atoms with van der Waals surface area (Å²) >= 11 is 3.50. The fraction of sp³-hybridized carbons (Fsp3) is 0.182. The molecule has 0 aliphatic heterocycles. The molecule has 1 aromatic heterocycles. The zero-order valence-electron chi connectivity index (χ0n) is 8.44. The number of anilines is 1. The predicted octanol–water partition coefficient (Wildman–Crippen LogP) is 2.58. The number of rotatable bonds is 2. The van der Waals surface area contributed by atoms with Crippen molar-refractivity contribution in [1.29, 1.82) is 0 Å². The Labute approximate surface area is 97.0 Å². The summed E-state index contributed by atoms with van der Waals surface area (Å²) in [7, 11) is 0. The van der Waals surface area contributed by atoms with Gasteiger partial charge in [-0.25, -0.2) is 0 Å². The van der Waals surface area contributed by atoms with Crippen LogP contribution in [0.25, 0.3) is 0 Å². The van der Waals surface area contributed by atoms with Gasteiger partial charge in [-0.2, -0.15) is 5.10 Å². The highest BCUT2D eigenvalue weighted by Crippen LogP contribution is 2.20. The first kappa shape index (κ1) is 10.2. The first-order valence-electron chi connectivity index (χ1n) is 4.69. The Morgan fingerprint density at radius 2 is 2.20 bits per heavy atom. The normalized spacial score (nSPS) is 10.5. The minimum absolute atomic E-state index is 0.764. The molecule has 2 aromatic rings. The highest BCUT2D eigenvalue weighted by Gasteiger charge is 2.03. The average molecular weight is 266 g/mol. The van der Waals surface area contributed by atoms with Crippen LogP contribution in [0.1, 0.15) is 11.3 Å². The van der Waals surface area contributed by atoms with Gasteiger partial charge in [-0.05, 0) is 30.7 Å². The fourth-order valence-corrected chi connectivity index (χ4v) is 1.94. The van der Waals surface area contributed by atoms with Crippen LogP contribution in [0.5, 0.6) is 0 Å². The molecule has 78 valence electrons. The van der Waals surface area contributed by atoms with Gasteiger partial charge in [-0.15, -0.1) is 0 Å². The van der Waals surface area contributed by atoms with Crippen LogP contribution >= 0.6 is 15.9 Å². The van der Waals surface area contributed by atoms with E-state index >= 15 is 0 Å². The van der Waals surface area contributed by atoms with Gasteiger partial charge < -0.3 is 5.73 Å². The van der Waals surface area contributed by atoms with E-state index in [9.17, 15) is 0 Å². The SMILES string of the molecule is Cc1ccnn1Cc1ccc(N)cc1Br. The van der Waals surface area contributed by atoms with Gasteiger partial charge in [-0.3, -0.25) is 4.68 Å². The molecule has 0 fully saturated rings. The number of halogens is 1. The van der Waals surface area contributed by atoms with Crippen LogP contribution in [0.3, 0.4) is 0 Å². The Morgan fingerprint density at radius 1 is 1.40 bits per heavy atom. The molecular weight excluding hydrogens is 254 g/mol. The predicted molar refractivity (Wildman–Crippen MR) is 64.6 cm³/mol. The molecule has 1 heterocycles. The number of hydrogen-bond acceptors (Lipinski definition) is 2. The zero-order valence-corrected chi connectivity index (χ0v) is 10.0. The Morgan fingerprint density at radius 3 is 2.80 bits per heavy atom. The molecule has 2 N–H and O–H groups in total. The maximum Gasteiger partial charge on any atom is 0.0673 e. The van der Waals surface area contributed by atoms with Gasteiger partial charge >= 0.3 is 0 Å². The van der Waals surface area contributed by atoms with Crippen molar-refractivity contribution < 1.29 is 0 Å². The molecule has 2 rings (SSSR count). The molecule has 0 spiro atoms. The molecule has 0 radical (unpaired) electrons. The van der Waals surface area contributed by atoms with Crippen molar-refractivity contribution in [2.45, 2.75) is 13.5 Å². The number of benzene rings is 1. The van der Waals surface area contributed by atoms with Crippen LogP contribution in [0.2, 0.25) is 0 Å². The summed E-state index contributed by atoms with van der Waals surface area (Å²) in [4.78, 5) is 0. The summed E-state index contributed by atoms with van der Waals surface area (Å²) in [5.74, 6) is 0. The van der Waals surface area contributed by atoms with Gasteiger partial charge in [0.05, 0.1) is 6.54 Å². The van der Waals surface area contributed by atoms with E-state index in [1.807, 2.05) is 35.9 Å². The van der Waals surface area contributed by atoms with E-state index in [2.05, 4.69) is 21.0 Å². The lowest BCUT2D eigenvalue weighted by molar-refractivity contribution is 0.663. The molecule has 0 saturated heterocycles. The van der Waals surface area contributed by atoms with Gasteiger partial charge in [0.25, 0.3) is 0 Å². The molecule has 0 amide bonds. The minimum Gasteiger partial charge on any atom is -0.399 e. The van der Waals surface area contributed by atoms with Crippen LogP contribution in [0.4, 0.5) is 5.69 Å². The fourth-order valence-electron chi connectivity index (χ4n) is 1.42. The van der Waals surface area contributed by atoms with Crippen molar-refractivity contribution in [2.24, 2.45) is 0 Å². The third kappa shape index (κ3) is 2.21. The maximum absolute atomic E-state index is 5.68. The van der Waals surface area contributed by atoms with Gasteiger partial charge in [0.1, 0.15) is 0 Å². The van der Waals surface area contributed by atoms with Crippen LogP contribution in [0, 0.1) is 6.92 Å². The van der Waals surface area contributed by atoms with Gasteiger partial charge in [0.15, 0.2) is 0 Å². The summed E-state index contributed by atoms with van der Waals surface area (Å²) in [5, 5.41) is 4.24. The van der Waals surface area contributed by atoms with Gasteiger partial charge in [-0.1, -0.05) is 22.0 Å². The Bertz CT molecular complexity index is 476. The van der Waals surface area contributed by atoms with Gasteiger partial charge in [0, 0.05) is 22.1 Å². The maximum atomic E-state index is 5.68. The van der Waals surface area contributed by atoms with Crippen molar-refractivity contribution in [3.05, 3.63) is 46.2 Å². The van der Waals surface area contributed by atoms with Crippen LogP contribution in [-0.4, -0.2) is 9.78 Å². The number of nitrogens with zero attached hydrogens (tertiary/aromatic N) is 2. The first-order valence-corrected chi connectivity index (χ1v) is 5.48. The van der Waals surface area contributed by atoms with Gasteiger partial charge in [0.2, 0.25) is 0 Å². The van der Waals surface area contributed by atoms with Crippen molar-refractivity contribution >= 4 is 21.6 Å². The largest absolute Gasteiger partial charge is 0.399 e. The minimum atomic E-state index is 0.764. The van der Waals surface area contributed by atoms with Crippen molar-refractivity contribution in [2.75, 3.05) is 5.73 Å². The Hall–Kier alpha value is -1.29. The number of nitrogens with two attached hydrogens (primary N) is 1. The third-order valence-electron chi connectivity index (χ3n) is 2.33. The molecule has 0 saturated carbocycles. The second-order valence-electron chi connectivity index (χ2n) is 3.48. The van der Waals surface area contributed by atoms with Crippen molar-refractivity contribution in [3.63, 3.8) is 0 Å². The summed E-state index contributed by atoms with van der Waals surface area (Å²) in [5.41, 5.74) is 8.77. The van der Waals surface area contributed by atoms with E-state index in [0.29, 0.717) is 0 Å². The highest BCUT2D eigenvalue weighted by atomic mass is 79.9. The summed E-state index contributed by atoms with van der Waals surface area (Å²) in [6.45, 7) is 2.80. The molecule has 0 bridgehead atoms. The smallest absolute Gasteiger partial charge is 0.0673 e. The van der Waals surface area contributed by atoms with Crippen molar-refractivity contribution in [3.8, 4) is 0 Å². The quantitative estimate of drug-likeness (QED) is 0.849. The second-order valence-corrected chi connectivity index (χ2v) is 4.34. The summed E-state index contributed by atoms with van der Waals surface area (Å²) in [6, 6.07) is 7.82. The standard InChI is InChI=1S/C11H12BrN3/c1-8-4-5-14-15(8)7-9-2-3-10(13)6-11(9)12/h2-6H,7,13H2,1H3. The third-order valence-corrected chi connectivity index (χ3v) is 3.06. The van der Waals surface area contributed by atoms with E-state index in [1.54, 1.807) is 6.20 Å². The van der Waals surface area contributed by atoms with Crippen LogP contribution < -0.4 is 5.73 Å². The zero-order chi connectivity index (χ0) is 10.8. The summed E-state index contributed by atoms with van der Waals surface area (Å²) in [6.07, 6.45) is 1.81. The number of hydrogen-bond donors (Lipinski definition) is 1. The average Bonchev–Trinajstić information content (AvgIpc) is 2.57. The lowest BCUT2D eigenvalue weighted by Crippen LogP contribution is -2.04. The molecule has 0 unspecified atom stereocenters. The van der Waals surface area contributed by atoms with E-state index in [0.717, 1.165) is 22.4 Å². The molecule has 0 atom stereocenters. The van der Waals surface area contributed by atoms with E-state index in [1.165, 1.54) is 5.56 Å². The number of nitrogen functional groups attached to an aromatic ring is 1. The molecule has 0 aliphatic carbocycles. The first-order chi connectivity index (χ1) is 7.16. The number of aromatic nitrogens is 2. The molecular formula is C11H12BrN3. The monoisotopic (exact) mass is 265 g/mol. The number of aryl methyl sites for hydroxylation is 1. The van der Waals surface area contributed by atoms with E-state index < -0.39 is 0 Å². The highest BCUT2D eigenvalue weighted by molar-refractivity contribution is 9.10. The van der Waals surface area contributed by atoms with Crippen molar-refractivity contribution in [1.82, 2.24) is 9.78 Å². The molecule has 4 heteroatoms. The van der Waals surface area contributed by atoms with Crippen LogP contribution in [-0.2, 0) is 6.54 Å². The Kier molecular flexibility index (Phi) is 2.77.